The van der Waals surface area contributed by atoms with E-state index in [2.05, 4.69) is 15.0 Å². The molecule has 0 saturated heterocycles. The van der Waals surface area contributed by atoms with Crippen LogP contribution in [0.2, 0.25) is 5.02 Å². The summed E-state index contributed by atoms with van der Waals surface area (Å²) in [5, 5.41) is 0.650. The molecule has 1 heterocycles. The lowest BCUT2D eigenvalue weighted by Crippen LogP contribution is -2.25. The number of likely N-dealkylation sites (N-methyl/N-ethyl adjacent to an activating group) is 1. The van der Waals surface area contributed by atoms with Gasteiger partial charge in [-0.2, -0.15) is 15.0 Å². The van der Waals surface area contributed by atoms with Crippen LogP contribution in [-0.4, -0.2) is 40.1 Å². The Morgan fingerprint density at radius 3 is 2.57 bits per heavy atom. The van der Waals surface area contributed by atoms with E-state index in [0.29, 0.717) is 30.5 Å². The molecule has 0 spiro atoms. The number of rotatable bonds is 6. The van der Waals surface area contributed by atoms with Crippen LogP contribution in [0.4, 0.5) is 11.9 Å². The van der Waals surface area contributed by atoms with Crippen molar-refractivity contribution in [3.63, 3.8) is 0 Å². The zero-order chi connectivity index (χ0) is 15.2. The first kappa shape index (κ1) is 15.3. The summed E-state index contributed by atoms with van der Waals surface area (Å²) in [7, 11) is 1.93. The average Bonchev–Trinajstić information content (AvgIpc) is 2.37. The first-order chi connectivity index (χ1) is 10.0. The second-order valence-electron chi connectivity index (χ2n) is 4.51. The summed E-state index contributed by atoms with van der Waals surface area (Å²) in [4.78, 5) is 13.8. The highest BCUT2D eigenvalue weighted by Crippen LogP contribution is 2.16. The monoisotopic (exact) mass is 308 g/mol. The molecule has 2 rings (SSSR count). The number of nitrogens with two attached hydrogens (primary N) is 2. The van der Waals surface area contributed by atoms with E-state index in [1.807, 2.05) is 24.1 Å². The fourth-order valence-electron chi connectivity index (χ4n) is 1.72. The molecule has 0 aliphatic rings. The van der Waals surface area contributed by atoms with Gasteiger partial charge in [0.2, 0.25) is 11.9 Å². The molecule has 21 heavy (non-hydrogen) atoms. The van der Waals surface area contributed by atoms with E-state index < -0.39 is 0 Å². The summed E-state index contributed by atoms with van der Waals surface area (Å²) in [6, 6.07) is 7.28. The number of nitrogens with zero attached hydrogens (tertiary/aromatic N) is 4. The lowest BCUT2D eigenvalue weighted by atomic mass is 10.3. The third-order valence-corrected chi connectivity index (χ3v) is 2.90. The number of nitrogen functional groups attached to an aromatic ring is 2. The van der Waals surface area contributed by atoms with Crippen LogP contribution in [0.5, 0.6) is 5.75 Å². The molecule has 1 aromatic carbocycles. The maximum Gasteiger partial charge on any atom is 0.225 e. The van der Waals surface area contributed by atoms with E-state index in [1.54, 1.807) is 12.1 Å². The topological polar surface area (TPSA) is 103 Å². The van der Waals surface area contributed by atoms with Gasteiger partial charge >= 0.3 is 0 Å². The minimum atomic E-state index is 0.126. The van der Waals surface area contributed by atoms with E-state index in [0.717, 1.165) is 5.75 Å². The largest absolute Gasteiger partial charge is 0.492 e. The van der Waals surface area contributed by atoms with Gasteiger partial charge in [-0.25, -0.2) is 0 Å². The van der Waals surface area contributed by atoms with Gasteiger partial charge < -0.3 is 16.2 Å². The predicted molar refractivity (Wildman–Crippen MR) is 81.9 cm³/mol. The number of halogens is 1. The Morgan fingerprint density at radius 2 is 1.90 bits per heavy atom. The normalized spacial score (nSPS) is 10.8. The lowest BCUT2D eigenvalue weighted by molar-refractivity contribution is 0.230. The van der Waals surface area contributed by atoms with Crippen molar-refractivity contribution >= 4 is 23.5 Å². The van der Waals surface area contributed by atoms with Crippen LogP contribution in [0.3, 0.4) is 0 Å². The molecule has 0 radical (unpaired) electrons. The van der Waals surface area contributed by atoms with Crippen molar-refractivity contribution in [2.75, 3.05) is 31.7 Å². The highest BCUT2D eigenvalue weighted by atomic mass is 35.5. The molecule has 0 saturated carbocycles. The molecule has 0 unspecified atom stereocenters. The van der Waals surface area contributed by atoms with E-state index in [1.165, 1.54) is 0 Å². The van der Waals surface area contributed by atoms with Gasteiger partial charge in [-0.3, -0.25) is 4.90 Å². The Labute approximate surface area is 127 Å². The van der Waals surface area contributed by atoms with Crippen molar-refractivity contribution in [3.05, 3.63) is 35.1 Å². The summed E-state index contributed by atoms with van der Waals surface area (Å²) in [6.45, 7) is 1.72. The molecular formula is C13H17ClN6O. The van der Waals surface area contributed by atoms with Crippen LogP contribution >= 0.6 is 11.6 Å². The Kier molecular flexibility index (Phi) is 5.13. The highest BCUT2D eigenvalue weighted by molar-refractivity contribution is 6.30. The van der Waals surface area contributed by atoms with Crippen molar-refractivity contribution in [3.8, 4) is 5.75 Å². The quantitative estimate of drug-likeness (QED) is 0.826. The molecule has 0 fully saturated rings. The lowest BCUT2D eigenvalue weighted by Gasteiger charge is -2.16. The fraction of sp³-hybridized carbons (Fsp3) is 0.308. The van der Waals surface area contributed by atoms with Crippen LogP contribution in [0.1, 0.15) is 5.82 Å². The number of hydrogen-bond donors (Lipinski definition) is 2. The molecule has 7 nitrogen and oxygen atoms in total. The van der Waals surface area contributed by atoms with Gasteiger partial charge in [0.05, 0.1) is 6.54 Å². The maximum absolute atomic E-state index is 5.89. The fourth-order valence-corrected chi connectivity index (χ4v) is 1.90. The zero-order valence-corrected chi connectivity index (χ0v) is 12.4. The summed E-state index contributed by atoms with van der Waals surface area (Å²) in [6.07, 6.45) is 0. The Balaban J connectivity index is 1.80. The summed E-state index contributed by atoms with van der Waals surface area (Å²) in [5.41, 5.74) is 11.1. The Morgan fingerprint density at radius 1 is 1.19 bits per heavy atom. The zero-order valence-electron chi connectivity index (χ0n) is 11.7. The number of hydrogen-bond acceptors (Lipinski definition) is 7. The van der Waals surface area contributed by atoms with Crippen molar-refractivity contribution in [1.82, 2.24) is 19.9 Å². The number of benzene rings is 1. The van der Waals surface area contributed by atoms with Gasteiger partial charge in [-0.15, -0.1) is 0 Å². The first-order valence-electron chi connectivity index (χ1n) is 6.36. The first-order valence-corrected chi connectivity index (χ1v) is 6.73. The second kappa shape index (κ2) is 7.05. The molecule has 0 atom stereocenters. The standard InChI is InChI=1S/C13H17ClN6O/c1-20(8-11-17-12(15)19-13(16)18-11)5-6-21-10-4-2-3-9(14)7-10/h2-4,7H,5-6,8H2,1H3,(H4,15,16,17,18,19). The molecule has 0 bridgehead atoms. The molecule has 2 aromatic rings. The molecule has 0 aliphatic carbocycles. The van der Waals surface area contributed by atoms with Gasteiger partial charge in [0.15, 0.2) is 0 Å². The third-order valence-electron chi connectivity index (χ3n) is 2.67. The van der Waals surface area contributed by atoms with Crippen LogP contribution in [0.15, 0.2) is 24.3 Å². The number of aromatic nitrogens is 3. The predicted octanol–water partition coefficient (Wildman–Crippen LogP) is 1.20. The Bertz CT molecular complexity index is 589. The maximum atomic E-state index is 5.89. The van der Waals surface area contributed by atoms with E-state index >= 15 is 0 Å². The number of anilines is 2. The summed E-state index contributed by atoms with van der Waals surface area (Å²) >= 11 is 5.89. The van der Waals surface area contributed by atoms with Crippen molar-refractivity contribution in [2.45, 2.75) is 6.54 Å². The molecule has 8 heteroatoms. The minimum absolute atomic E-state index is 0.126. The SMILES string of the molecule is CN(CCOc1cccc(Cl)c1)Cc1nc(N)nc(N)n1. The molecule has 0 amide bonds. The van der Waals surface area contributed by atoms with Crippen LogP contribution in [-0.2, 0) is 6.54 Å². The van der Waals surface area contributed by atoms with Crippen LogP contribution in [0.25, 0.3) is 0 Å². The van der Waals surface area contributed by atoms with Crippen molar-refractivity contribution in [1.29, 1.82) is 0 Å². The number of ether oxygens (including phenoxy) is 1. The smallest absolute Gasteiger partial charge is 0.225 e. The molecule has 0 aliphatic heterocycles. The Hall–Kier alpha value is -2.12. The molecular weight excluding hydrogens is 292 g/mol. The van der Waals surface area contributed by atoms with Crippen molar-refractivity contribution < 1.29 is 4.74 Å². The molecule has 1 aromatic heterocycles. The highest BCUT2D eigenvalue weighted by Gasteiger charge is 2.06. The van der Waals surface area contributed by atoms with Crippen LogP contribution in [0, 0.1) is 0 Å². The minimum Gasteiger partial charge on any atom is -0.492 e. The van der Waals surface area contributed by atoms with Gasteiger partial charge in [0, 0.05) is 11.6 Å². The van der Waals surface area contributed by atoms with Gasteiger partial charge in [-0.05, 0) is 25.2 Å². The summed E-state index contributed by atoms with van der Waals surface area (Å²) < 4.78 is 5.61. The van der Waals surface area contributed by atoms with E-state index in [4.69, 9.17) is 27.8 Å². The average molecular weight is 309 g/mol. The third kappa shape index (κ3) is 5.05. The second-order valence-corrected chi connectivity index (χ2v) is 4.95. The van der Waals surface area contributed by atoms with Gasteiger partial charge in [0.25, 0.3) is 0 Å². The molecule has 112 valence electrons. The van der Waals surface area contributed by atoms with E-state index in [-0.39, 0.29) is 11.9 Å². The van der Waals surface area contributed by atoms with Crippen molar-refractivity contribution in [2.24, 2.45) is 0 Å². The van der Waals surface area contributed by atoms with Gasteiger partial charge in [0.1, 0.15) is 18.2 Å². The summed E-state index contributed by atoms with van der Waals surface area (Å²) in [5.74, 6) is 1.52. The van der Waals surface area contributed by atoms with Gasteiger partial charge in [-0.1, -0.05) is 17.7 Å². The van der Waals surface area contributed by atoms with Crippen LogP contribution < -0.4 is 16.2 Å². The molecule has 4 N–H and O–H groups in total. The van der Waals surface area contributed by atoms with E-state index in [9.17, 15) is 0 Å².